The Bertz CT molecular complexity index is 701. The SMILES string of the molecule is CCNC(=NCc1ccon1)NCCc1cccc(C(=O)N(C)C)c1.I. The van der Waals surface area contributed by atoms with Gasteiger partial charge in [-0.1, -0.05) is 17.3 Å². The van der Waals surface area contributed by atoms with Crippen LogP contribution >= 0.6 is 24.0 Å². The van der Waals surface area contributed by atoms with Gasteiger partial charge in [0, 0.05) is 38.8 Å². The normalized spacial score (nSPS) is 10.8. The molecule has 0 bridgehead atoms. The van der Waals surface area contributed by atoms with Crippen LogP contribution in [0.4, 0.5) is 0 Å². The van der Waals surface area contributed by atoms with Gasteiger partial charge >= 0.3 is 0 Å². The van der Waals surface area contributed by atoms with Crippen molar-refractivity contribution in [3.8, 4) is 0 Å². The van der Waals surface area contributed by atoms with Gasteiger partial charge in [-0.3, -0.25) is 4.79 Å². The topological polar surface area (TPSA) is 82.8 Å². The summed E-state index contributed by atoms with van der Waals surface area (Å²) in [4.78, 5) is 18.1. The molecule has 142 valence electrons. The summed E-state index contributed by atoms with van der Waals surface area (Å²) in [5, 5.41) is 10.3. The number of halogens is 1. The molecule has 0 fully saturated rings. The highest BCUT2D eigenvalue weighted by Crippen LogP contribution is 2.07. The number of carbonyl (C=O) groups is 1. The number of aromatic nitrogens is 1. The van der Waals surface area contributed by atoms with Gasteiger partial charge in [-0.2, -0.15) is 0 Å². The molecule has 1 aromatic heterocycles. The zero-order valence-corrected chi connectivity index (χ0v) is 17.7. The molecule has 0 unspecified atom stereocenters. The number of amides is 1. The maximum absolute atomic E-state index is 12.0. The first kappa shape index (κ1) is 21.9. The predicted molar refractivity (Wildman–Crippen MR) is 113 cm³/mol. The van der Waals surface area contributed by atoms with E-state index >= 15 is 0 Å². The van der Waals surface area contributed by atoms with Crippen molar-refractivity contribution in [1.82, 2.24) is 20.7 Å². The standard InChI is InChI=1S/C18H25N5O2.HI/c1-4-19-18(21-13-16-9-11-25-22-16)20-10-8-14-6-5-7-15(12-14)17(24)23(2)3;/h5-7,9,11-12H,4,8,10,13H2,1-3H3,(H2,19,20,21);1H. The first-order valence-electron chi connectivity index (χ1n) is 8.32. The van der Waals surface area contributed by atoms with E-state index in [2.05, 4.69) is 20.8 Å². The summed E-state index contributed by atoms with van der Waals surface area (Å²) in [6, 6.07) is 9.50. The van der Waals surface area contributed by atoms with Gasteiger partial charge in [0.25, 0.3) is 5.91 Å². The molecule has 7 nitrogen and oxygen atoms in total. The molecule has 0 aliphatic carbocycles. The van der Waals surface area contributed by atoms with Crippen molar-refractivity contribution in [3.05, 3.63) is 53.4 Å². The number of guanidine groups is 1. The largest absolute Gasteiger partial charge is 0.364 e. The number of aliphatic imine (C=N–C) groups is 1. The summed E-state index contributed by atoms with van der Waals surface area (Å²) in [5.74, 6) is 0.739. The molecule has 2 N–H and O–H groups in total. The van der Waals surface area contributed by atoms with Gasteiger partial charge in [-0.15, -0.1) is 24.0 Å². The highest BCUT2D eigenvalue weighted by molar-refractivity contribution is 14.0. The number of hydrogen-bond acceptors (Lipinski definition) is 4. The summed E-state index contributed by atoms with van der Waals surface area (Å²) in [7, 11) is 3.51. The molecule has 1 aromatic carbocycles. The Morgan fingerprint density at radius 2 is 2.08 bits per heavy atom. The molecule has 2 aromatic rings. The van der Waals surface area contributed by atoms with Crippen molar-refractivity contribution < 1.29 is 9.32 Å². The minimum atomic E-state index is 0. The average Bonchev–Trinajstić information content (AvgIpc) is 3.12. The van der Waals surface area contributed by atoms with Gasteiger partial charge in [-0.05, 0) is 31.0 Å². The predicted octanol–water partition coefficient (Wildman–Crippen LogP) is 2.29. The van der Waals surface area contributed by atoms with E-state index in [-0.39, 0.29) is 29.9 Å². The fourth-order valence-corrected chi connectivity index (χ4v) is 2.26. The Hall–Kier alpha value is -2.10. The van der Waals surface area contributed by atoms with Crippen LogP contribution in [-0.4, -0.2) is 49.1 Å². The van der Waals surface area contributed by atoms with Crippen molar-refractivity contribution in [1.29, 1.82) is 0 Å². The molecule has 0 radical (unpaired) electrons. The molecule has 8 heteroatoms. The Morgan fingerprint density at radius 1 is 1.27 bits per heavy atom. The monoisotopic (exact) mass is 471 g/mol. The second-order valence-electron chi connectivity index (χ2n) is 5.76. The quantitative estimate of drug-likeness (QED) is 0.368. The van der Waals surface area contributed by atoms with Crippen LogP contribution in [0.25, 0.3) is 0 Å². The molecule has 0 atom stereocenters. The van der Waals surface area contributed by atoms with Crippen LogP contribution in [0.1, 0.15) is 28.5 Å². The molecule has 2 rings (SSSR count). The summed E-state index contributed by atoms with van der Waals surface area (Å²) >= 11 is 0. The van der Waals surface area contributed by atoms with Gasteiger partial charge in [0.15, 0.2) is 5.96 Å². The molecule has 0 aliphatic rings. The zero-order chi connectivity index (χ0) is 18.1. The molecule has 0 aliphatic heterocycles. The second-order valence-corrected chi connectivity index (χ2v) is 5.76. The van der Waals surface area contributed by atoms with E-state index in [9.17, 15) is 4.79 Å². The number of hydrogen-bond donors (Lipinski definition) is 2. The zero-order valence-electron chi connectivity index (χ0n) is 15.4. The molecule has 0 saturated heterocycles. The molecule has 26 heavy (non-hydrogen) atoms. The lowest BCUT2D eigenvalue weighted by atomic mass is 10.1. The molecule has 1 heterocycles. The average molecular weight is 471 g/mol. The van der Waals surface area contributed by atoms with E-state index in [1.165, 1.54) is 6.26 Å². The van der Waals surface area contributed by atoms with Crippen molar-refractivity contribution >= 4 is 35.8 Å². The van der Waals surface area contributed by atoms with E-state index in [1.54, 1.807) is 25.1 Å². The number of benzene rings is 1. The second kappa shape index (κ2) is 11.5. The van der Waals surface area contributed by atoms with Crippen LogP contribution in [0.2, 0.25) is 0 Å². The summed E-state index contributed by atoms with van der Waals surface area (Å²) in [5.41, 5.74) is 2.59. The van der Waals surface area contributed by atoms with Crippen LogP contribution < -0.4 is 10.6 Å². The van der Waals surface area contributed by atoms with E-state index in [0.717, 1.165) is 30.2 Å². The highest BCUT2D eigenvalue weighted by atomic mass is 127. The third kappa shape index (κ3) is 7.03. The maximum atomic E-state index is 12.0. The van der Waals surface area contributed by atoms with Gasteiger partial charge in [0.05, 0.1) is 6.54 Å². The molecule has 1 amide bonds. The van der Waals surface area contributed by atoms with Crippen LogP contribution in [-0.2, 0) is 13.0 Å². The van der Waals surface area contributed by atoms with Crippen LogP contribution in [0.3, 0.4) is 0 Å². The summed E-state index contributed by atoms with van der Waals surface area (Å²) < 4.78 is 4.80. The molecular weight excluding hydrogens is 445 g/mol. The lowest BCUT2D eigenvalue weighted by Crippen LogP contribution is -2.38. The number of rotatable bonds is 7. The van der Waals surface area contributed by atoms with Gasteiger partial charge in [-0.25, -0.2) is 4.99 Å². The number of nitrogens with one attached hydrogen (secondary N) is 2. The summed E-state index contributed by atoms with van der Waals surface area (Å²) in [6.07, 6.45) is 2.33. The minimum absolute atomic E-state index is 0. The minimum Gasteiger partial charge on any atom is -0.364 e. The van der Waals surface area contributed by atoms with Crippen molar-refractivity contribution in [3.63, 3.8) is 0 Å². The Labute approximate surface area is 171 Å². The van der Waals surface area contributed by atoms with E-state index < -0.39 is 0 Å². The Kier molecular flexibility index (Phi) is 9.71. The van der Waals surface area contributed by atoms with Crippen LogP contribution in [0.15, 0.2) is 46.1 Å². The maximum Gasteiger partial charge on any atom is 0.253 e. The third-order valence-electron chi connectivity index (χ3n) is 3.52. The van der Waals surface area contributed by atoms with Gasteiger partial charge in [0.2, 0.25) is 0 Å². The summed E-state index contributed by atoms with van der Waals surface area (Å²) in [6.45, 7) is 3.96. The lowest BCUT2D eigenvalue weighted by Gasteiger charge is -2.13. The fraction of sp³-hybridized carbons (Fsp3) is 0.389. The van der Waals surface area contributed by atoms with Gasteiger partial charge < -0.3 is 20.1 Å². The molecule has 0 saturated carbocycles. The number of carbonyl (C=O) groups excluding carboxylic acids is 1. The molecule has 0 spiro atoms. The van der Waals surface area contributed by atoms with E-state index in [0.29, 0.717) is 18.7 Å². The van der Waals surface area contributed by atoms with Crippen molar-refractivity contribution in [2.75, 3.05) is 27.2 Å². The molecular formula is C18H26IN5O2. The highest BCUT2D eigenvalue weighted by Gasteiger charge is 2.08. The van der Waals surface area contributed by atoms with Crippen molar-refractivity contribution in [2.45, 2.75) is 19.9 Å². The Morgan fingerprint density at radius 3 is 2.73 bits per heavy atom. The van der Waals surface area contributed by atoms with Gasteiger partial charge in [0.1, 0.15) is 12.0 Å². The van der Waals surface area contributed by atoms with Crippen LogP contribution in [0, 0.1) is 0 Å². The van der Waals surface area contributed by atoms with Crippen LogP contribution in [0.5, 0.6) is 0 Å². The smallest absolute Gasteiger partial charge is 0.253 e. The number of nitrogens with zero attached hydrogens (tertiary/aromatic N) is 3. The fourth-order valence-electron chi connectivity index (χ4n) is 2.26. The Balaban J connectivity index is 0.00000338. The van der Waals surface area contributed by atoms with E-state index in [4.69, 9.17) is 4.52 Å². The first-order valence-corrected chi connectivity index (χ1v) is 8.32. The van der Waals surface area contributed by atoms with Crippen molar-refractivity contribution in [2.24, 2.45) is 4.99 Å². The lowest BCUT2D eigenvalue weighted by molar-refractivity contribution is 0.0827. The third-order valence-corrected chi connectivity index (χ3v) is 3.52. The first-order chi connectivity index (χ1) is 12.1. The van der Waals surface area contributed by atoms with E-state index in [1.807, 2.05) is 31.2 Å².